The van der Waals surface area contributed by atoms with Crippen LogP contribution in [0.1, 0.15) is 22.4 Å². The molecule has 88 heavy (non-hydrogen) atoms. The van der Waals surface area contributed by atoms with Gasteiger partial charge in [0.05, 0.1) is 30.8 Å². The van der Waals surface area contributed by atoms with Crippen molar-refractivity contribution in [1.82, 2.24) is 29.0 Å². The zero-order valence-electron chi connectivity index (χ0n) is 45.7. The Morgan fingerprint density at radius 1 is 0.568 bits per heavy atom. The van der Waals surface area contributed by atoms with Crippen molar-refractivity contribution in [3.63, 3.8) is 0 Å². The molecule has 9 rings (SSSR count). The van der Waals surface area contributed by atoms with E-state index in [0.29, 0.717) is 16.8 Å². The number of carbonyl (C=O) groups excluding carboxylic acids is 2. The van der Waals surface area contributed by atoms with Crippen molar-refractivity contribution in [1.29, 1.82) is 0 Å². The first-order valence-electron chi connectivity index (χ1n) is 24.7. The van der Waals surface area contributed by atoms with Crippen LogP contribution in [0.15, 0.2) is 232 Å². The zero-order valence-corrected chi connectivity index (χ0v) is 49.2. The zero-order chi connectivity index (χ0) is 65.3. The van der Waals surface area contributed by atoms with Gasteiger partial charge in [-0.05, 0) is 65.2 Å². The van der Waals surface area contributed by atoms with Gasteiger partial charge in [0.15, 0.2) is 11.2 Å². The lowest BCUT2D eigenvalue weighted by Crippen LogP contribution is -2.38. The molecule has 0 aliphatic heterocycles. The number of hydrogen-bond donors (Lipinski definition) is 12. The Labute approximate surface area is 498 Å². The van der Waals surface area contributed by atoms with Gasteiger partial charge in [-0.2, -0.15) is 0 Å². The fourth-order valence-electron chi connectivity index (χ4n) is 6.31. The number of para-hydroxylation sites is 2. The number of nitrogens with zero attached hydrogens (tertiary/aromatic N) is 5. The number of pyridine rings is 2. The van der Waals surface area contributed by atoms with E-state index in [4.69, 9.17) is 59.4 Å². The Kier molecular flexibility index (Phi) is 30.5. The van der Waals surface area contributed by atoms with Crippen molar-refractivity contribution in [2.75, 3.05) is 6.61 Å². The van der Waals surface area contributed by atoms with E-state index in [1.807, 2.05) is 78.9 Å². The summed E-state index contributed by atoms with van der Waals surface area (Å²) in [7, 11) is -16.8. The lowest BCUT2D eigenvalue weighted by Gasteiger charge is -2.07. The minimum atomic E-state index is -4.37. The molecular formula is C55H58N6O23P4. The van der Waals surface area contributed by atoms with Gasteiger partial charge in [-0.3, -0.25) is 52.0 Å². The van der Waals surface area contributed by atoms with E-state index in [1.54, 1.807) is 36.4 Å². The highest BCUT2D eigenvalue weighted by Gasteiger charge is 2.22. The number of aromatic nitrogens is 6. The maximum absolute atomic E-state index is 11.5. The summed E-state index contributed by atoms with van der Waals surface area (Å²) < 4.78 is 49.1. The average molecular weight is 1290 g/mol. The predicted molar refractivity (Wildman–Crippen MR) is 318 cm³/mol. The Morgan fingerprint density at radius 2 is 1.08 bits per heavy atom. The molecule has 33 heteroatoms. The highest BCUT2D eigenvalue weighted by Crippen LogP contribution is 2.39. The van der Waals surface area contributed by atoms with Crippen LogP contribution in [0.3, 0.4) is 0 Å². The summed E-state index contributed by atoms with van der Waals surface area (Å²) in [6, 6.07) is 50.5. The quantitative estimate of drug-likeness (QED) is 0.0397. The summed E-state index contributed by atoms with van der Waals surface area (Å²) >= 11 is 0. The second-order valence-electron chi connectivity index (χ2n) is 17.0. The van der Waals surface area contributed by atoms with Crippen LogP contribution < -0.4 is 48.1 Å². The number of hydrogen-bond acceptors (Lipinski definition) is 17. The Balaban J connectivity index is 0.000000271. The van der Waals surface area contributed by atoms with Gasteiger partial charge >= 0.3 is 41.8 Å². The summed E-state index contributed by atoms with van der Waals surface area (Å²) in [4.78, 5) is 149. The molecule has 0 saturated heterocycles. The number of Topliss-reactive ketones (excluding diaryl/α,β-unsaturated/α-hetero) is 1. The highest BCUT2D eigenvalue weighted by molar-refractivity contribution is 7.61. The molecule has 12 N–H and O–H groups in total. The molecule has 4 heterocycles. The van der Waals surface area contributed by atoms with Gasteiger partial charge in [0, 0.05) is 30.9 Å². The molecule has 0 bridgehead atoms. The van der Waals surface area contributed by atoms with Crippen LogP contribution in [0.5, 0.6) is 11.5 Å². The molecule has 4 aromatic heterocycles. The van der Waals surface area contributed by atoms with Gasteiger partial charge < -0.3 is 64.1 Å². The summed E-state index contributed by atoms with van der Waals surface area (Å²) in [5, 5.41) is 25.9. The van der Waals surface area contributed by atoms with Gasteiger partial charge in [-0.25, -0.2) is 14.6 Å². The summed E-state index contributed by atoms with van der Waals surface area (Å²) in [6.45, 7) is 0.177. The molecule has 5 aromatic carbocycles. The Morgan fingerprint density at radius 3 is 1.55 bits per heavy atom. The van der Waals surface area contributed by atoms with E-state index in [9.17, 15) is 47.0 Å². The first-order chi connectivity index (χ1) is 41.5. The normalized spacial score (nSPS) is 10.6. The fraction of sp³-hybridized carbons (Fsp3) is 0.0909. The lowest BCUT2D eigenvalue weighted by atomic mass is 10.1. The molecule has 466 valence electrons. The number of ether oxygens (including phenoxy) is 1. The number of benzene rings is 5. The van der Waals surface area contributed by atoms with E-state index in [0.717, 1.165) is 38.3 Å². The molecule has 0 atom stereocenters. The van der Waals surface area contributed by atoms with E-state index in [1.165, 1.54) is 85.3 Å². The largest absolute Gasteiger partial charge is 0.507 e. The molecule has 0 saturated carbocycles. The number of rotatable bonds is 15. The molecule has 0 radical (unpaired) electrons. The third kappa shape index (κ3) is 28.8. The maximum atomic E-state index is 11.5. The number of ketones is 1. The molecular weight excluding hydrogens is 1240 g/mol. The van der Waals surface area contributed by atoms with Crippen molar-refractivity contribution >= 4 is 58.7 Å². The van der Waals surface area contributed by atoms with Crippen molar-refractivity contribution in [3.05, 3.63) is 277 Å². The second kappa shape index (κ2) is 36.8. The van der Waals surface area contributed by atoms with E-state index < -0.39 is 52.9 Å². The number of aromatic hydroxyl groups is 1. The molecule has 9 aromatic rings. The van der Waals surface area contributed by atoms with Crippen molar-refractivity contribution in [2.24, 2.45) is 0 Å². The number of aliphatic hydroxyl groups excluding tert-OH is 1. The maximum Gasteiger partial charge on any atom is 0.374 e. The SMILES string of the molecule is O=C(CO)Cc1ccccc1.O=COc1ccccc1P(=O)(O)O.O=P(O)(O)Cc1ccccn1.O=P(O)(O)c1ccccc1O.O=P(O)(O)c1ccccn1.O=c1ccn(O)c(=O)n1Cc1ccccc1.O=c1ccn(OCc2ccccc2)c(=O)[nH]1. The number of phenolic OH excluding ortho intramolecular Hbond substituents is 1. The number of aromatic amines is 1. The number of aliphatic hydroxyl groups is 1. The van der Waals surface area contributed by atoms with Gasteiger partial charge in [0.25, 0.3) is 17.6 Å². The summed E-state index contributed by atoms with van der Waals surface area (Å²) in [6.07, 6.45) is 5.22. The third-order valence-electron chi connectivity index (χ3n) is 10.3. The van der Waals surface area contributed by atoms with Crippen LogP contribution in [0.4, 0.5) is 0 Å². The predicted octanol–water partition coefficient (Wildman–Crippen LogP) is 2.12. The second-order valence-corrected chi connectivity index (χ2v) is 23.4. The van der Waals surface area contributed by atoms with E-state index >= 15 is 0 Å². The summed E-state index contributed by atoms with van der Waals surface area (Å²) in [5.74, 6) is -0.636. The van der Waals surface area contributed by atoms with Gasteiger partial charge in [-0.1, -0.05) is 127 Å². The first-order valence-corrected chi connectivity index (χ1v) is 31.4. The van der Waals surface area contributed by atoms with E-state index in [-0.39, 0.29) is 65.7 Å². The molecule has 0 fully saturated rings. The van der Waals surface area contributed by atoms with Crippen LogP contribution in [-0.4, -0.2) is 102 Å². The standard InChI is InChI=1S/2C11H10N2O3.C9H10O2.C7H7O5P.C6H8NO3P.C6H7O4P.C5H6NO3P/c14-10-6-7-13(11(15)12-10)16-8-9-4-2-1-3-5-9;14-10-6-7-13(16)11(15)12(10)8-9-4-2-1-3-5-9;10-7-9(11)6-8-4-2-1-3-5-8;8-5-12-6-3-1-2-4-7(6)13(9,10)11;8-11(9,10)5-6-3-1-2-4-7-6;7-5-3-1-2-4-6(5)11(8,9)10;7-10(8,9)5-3-1-2-4-6-5/h1-7H,8H2,(H,12,14,15);1-7,16H,8H2;1-5,10H,6-7H2;1-5H,(H2,9,10,11);1-4H,5H2,(H2,8,9,10);1-4,7H,(H2,8,9,10);1-4H,(H2,7,8,9). The average Bonchev–Trinajstić information content (AvgIpc) is 3.33. The first kappa shape index (κ1) is 73.1. The summed E-state index contributed by atoms with van der Waals surface area (Å²) in [5.41, 5.74) is 0.763. The van der Waals surface area contributed by atoms with Crippen LogP contribution >= 0.6 is 30.4 Å². The third-order valence-corrected chi connectivity index (χ3v) is 13.9. The smallest absolute Gasteiger partial charge is 0.374 e. The molecule has 0 aliphatic rings. The monoisotopic (exact) mass is 1290 g/mol. The van der Waals surface area contributed by atoms with Crippen LogP contribution in [-0.2, 0) is 53.6 Å². The number of phenols is 1. The van der Waals surface area contributed by atoms with Crippen LogP contribution in [0.2, 0.25) is 0 Å². The minimum Gasteiger partial charge on any atom is -0.507 e. The van der Waals surface area contributed by atoms with Crippen molar-refractivity contribution < 1.29 is 92.0 Å². The molecule has 0 spiro atoms. The molecule has 0 amide bonds. The van der Waals surface area contributed by atoms with Crippen LogP contribution in [0.25, 0.3) is 0 Å². The minimum absolute atomic E-state index is 0.120. The number of carbonyl (C=O) groups is 2. The molecule has 0 unspecified atom stereocenters. The number of H-pyrrole nitrogens is 1. The number of nitrogens with one attached hydrogen (secondary N) is 1. The van der Waals surface area contributed by atoms with Crippen molar-refractivity contribution in [2.45, 2.75) is 25.7 Å². The molecule has 0 aliphatic carbocycles. The van der Waals surface area contributed by atoms with E-state index in [2.05, 4.69) is 19.7 Å². The topological polar surface area (TPSA) is 468 Å². The Bertz CT molecular complexity index is 4030. The fourth-order valence-corrected chi connectivity index (χ4v) is 8.77. The highest BCUT2D eigenvalue weighted by atomic mass is 31.2. The lowest BCUT2D eigenvalue weighted by molar-refractivity contribution is -0.121. The van der Waals surface area contributed by atoms with Gasteiger partial charge in [-0.15, -0.1) is 9.46 Å². The van der Waals surface area contributed by atoms with Gasteiger partial charge in [0.1, 0.15) is 35.3 Å². The molecule has 29 nitrogen and oxygen atoms in total. The Hall–Kier alpha value is -9.14. The van der Waals surface area contributed by atoms with Gasteiger partial charge in [0.2, 0.25) is 0 Å². The van der Waals surface area contributed by atoms with Crippen LogP contribution in [0, 0.1) is 0 Å². The van der Waals surface area contributed by atoms with Crippen molar-refractivity contribution in [3.8, 4) is 11.5 Å².